The molecule has 6 heteroatoms. The van der Waals surface area contributed by atoms with Crippen LogP contribution in [0.15, 0.2) is 47.8 Å². The number of imidazole rings is 1. The van der Waals surface area contributed by atoms with E-state index in [0.717, 1.165) is 12.1 Å². The summed E-state index contributed by atoms with van der Waals surface area (Å²) in [6.45, 7) is 0. The lowest BCUT2D eigenvalue weighted by molar-refractivity contribution is 0.931. The van der Waals surface area contributed by atoms with Gasteiger partial charge in [-0.25, -0.2) is 9.97 Å². The third-order valence-corrected chi connectivity index (χ3v) is 3.14. The quantitative estimate of drug-likeness (QED) is 0.567. The Hall–Kier alpha value is -2.89. The molecule has 0 fully saturated rings. The van der Waals surface area contributed by atoms with Gasteiger partial charge in [0.15, 0.2) is 11.5 Å². The Balaban J connectivity index is 1.72. The third-order valence-electron chi connectivity index (χ3n) is 3.14. The Morgan fingerprint density at radius 1 is 1.33 bits per heavy atom. The third kappa shape index (κ3) is 2.84. The van der Waals surface area contributed by atoms with Gasteiger partial charge in [-0.3, -0.25) is 5.43 Å². The number of anilines is 2. The van der Waals surface area contributed by atoms with E-state index in [9.17, 15) is 0 Å². The fraction of sp³-hybridized carbons (Fsp3) is 0.133. The van der Waals surface area contributed by atoms with Crippen molar-refractivity contribution in [2.75, 3.05) is 11.2 Å². The lowest BCUT2D eigenvalue weighted by atomic mass is 10.2. The van der Waals surface area contributed by atoms with Crippen molar-refractivity contribution in [1.29, 1.82) is 0 Å². The highest BCUT2D eigenvalue weighted by atomic mass is 15.3. The highest BCUT2D eigenvalue weighted by Crippen LogP contribution is 2.20. The van der Waals surface area contributed by atoms with Crippen molar-refractivity contribution in [3.05, 3.63) is 48.3 Å². The lowest BCUT2D eigenvalue weighted by Crippen LogP contribution is -1.99. The van der Waals surface area contributed by atoms with E-state index in [1.165, 1.54) is 5.56 Å². The van der Waals surface area contributed by atoms with Crippen LogP contribution >= 0.6 is 0 Å². The average Bonchev–Trinajstić information content (AvgIpc) is 2.87. The number of nitrogen functional groups attached to an aromatic ring is 1. The van der Waals surface area contributed by atoms with Gasteiger partial charge in [0, 0.05) is 25.7 Å². The van der Waals surface area contributed by atoms with Gasteiger partial charge in [-0.15, -0.1) is 0 Å². The largest absolute Gasteiger partial charge is 0.397 e. The topological polar surface area (TPSA) is 81.1 Å². The molecule has 106 valence electrons. The van der Waals surface area contributed by atoms with Crippen molar-refractivity contribution >= 4 is 28.9 Å². The first kappa shape index (κ1) is 13.1. The number of benzene rings is 1. The minimum atomic E-state index is 0.585. The number of fused-ring (bicyclic) bond motifs is 1. The summed E-state index contributed by atoms with van der Waals surface area (Å²) in [7, 11) is 1.88. The van der Waals surface area contributed by atoms with E-state index in [1.54, 1.807) is 18.6 Å². The molecule has 2 heterocycles. The maximum absolute atomic E-state index is 5.96. The van der Waals surface area contributed by atoms with Crippen LogP contribution in [0.3, 0.4) is 0 Å². The van der Waals surface area contributed by atoms with Gasteiger partial charge in [0.25, 0.3) is 0 Å². The number of hydrogen-bond donors (Lipinski definition) is 2. The molecule has 6 nitrogen and oxygen atoms in total. The average molecular weight is 280 g/mol. The van der Waals surface area contributed by atoms with Gasteiger partial charge >= 0.3 is 0 Å². The maximum Gasteiger partial charge on any atom is 0.164 e. The number of nitrogens with two attached hydrogens (primary N) is 1. The van der Waals surface area contributed by atoms with Crippen molar-refractivity contribution in [2.45, 2.75) is 6.42 Å². The second-order valence-electron chi connectivity index (χ2n) is 4.74. The highest BCUT2D eigenvalue weighted by molar-refractivity contribution is 5.86. The zero-order valence-corrected chi connectivity index (χ0v) is 11.7. The predicted molar refractivity (Wildman–Crippen MR) is 85.2 cm³/mol. The van der Waals surface area contributed by atoms with E-state index in [-0.39, 0.29) is 0 Å². The molecule has 0 radical (unpaired) electrons. The van der Waals surface area contributed by atoms with Gasteiger partial charge < -0.3 is 10.3 Å². The van der Waals surface area contributed by atoms with E-state index in [1.807, 2.05) is 29.8 Å². The van der Waals surface area contributed by atoms with Gasteiger partial charge in [0.1, 0.15) is 5.52 Å². The molecule has 3 N–H and O–H groups in total. The smallest absolute Gasteiger partial charge is 0.164 e. The molecular weight excluding hydrogens is 264 g/mol. The summed E-state index contributed by atoms with van der Waals surface area (Å²) in [6.07, 6.45) is 4.26. The van der Waals surface area contributed by atoms with E-state index in [0.29, 0.717) is 17.0 Å². The number of hydrogen-bond acceptors (Lipinski definition) is 5. The lowest BCUT2D eigenvalue weighted by Gasteiger charge is -2.03. The van der Waals surface area contributed by atoms with E-state index in [4.69, 9.17) is 5.73 Å². The fourth-order valence-corrected chi connectivity index (χ4v) is 2.06. The molecule has 0 bridgehead atoms. The molecule has 0 aliphatic heterocycles. The standard InChI is InChI=1S/C15H16N6/c1-21-10-17-14-12(16)9-13(19-15(14)21)20-18-8-7-11-5-3-2-4-6-11/h2-6,8-10H,7H2,1H3,(H3,16,19,20)/b18-8+. The van der Waals surface area contributed by atoms with Gasteiger partial charge in [0.2, 0.25) is 0 Å². The number of aromatic nitrogens is 3. The predicted octanol–water partition coefficient (Wildman–Crippen LogP) is 2.19. The zero-order valence-electron chi connectivity index (χ0n) is 11.7. The Labute approximate surface area is 122 Å². The summed E-state index contributed by atoms with van der Waals surface area (Å²) < 4.78 is 1.82. The van der Waals surface area contributed by atoms with Crippen LogP contribution < -0.4 is 11.2 Å². The van der Waals surface area contributed by atoms with Crippen LogP contribution in [0.5, 0.6) is 0 Å². The molecule has 3 aromatic rings. The van der Waals surface area contributed by atoms with Crippen LogP contribution in [0.2, 0.25) is 0 Å². The van der Waals surface area contributed by atoms with Gasteiger partial charge in [-0.1, -0.05) is 30.3 Å². The highest BCUT2D eigenvalue weighted by Gasteiger charge is 2.07. The van der Waals surface area contributed by atoms with Crippen LogP contribution in [-0.4, -0.2) is 20.7 Å². The molecule has 0 aliphatic rings. The van der Waals surface area contributed by atoms with Crippen molar-refractivity contribution in [1.82, 2.24) is 14.5 Å². The van der Waals surface area contributed by atoms with Gasteiger partial charge in [0.05, 0.1) is 12.0 Å². The molecule has 0 unspecified atom stereocenters. The molecule has 21 heavy (non-hydrogen) atoms. The minimum Gasteiger partial charge on any atom is -0.397 e. The summed E-state index contributed by atoms with van der Waals surface area (Å²) in [5.74, 6) is 0.605. The van der Waals surface area contributed by atoms with Gasteiger partial charge in [-0.2, -0.15) is 5.10 Å². The molecule has 0 atom stereocenters. The Bertz CT molecular complexity index is 775. The van der Waals surface area contributed by atoms with Crippen molar-refractivity contribution in [2.24, 2.45) is 12.1 Å². The van der Waals surface area contributed by atoms with Crippen LogP contribution in [0.1, 0.15) is 5.56 Å². The monoisotopic (exact) mass is 280 g/mol. The SMILES string of the molecule is Cn1cnc2c(N)cc(N/N=C/Cc3ccccc3)nc21. The number of hydrazone groups is 1. The molecule has 0 saturated heterocycles. The van der Waals surface area contributed by atoms with Crippen molar-refractivity contribution in [3.8, 4) is 0 Å². The first-order valence-electron chi connectivity index (χ1n) is 6.63. The number of pyridine rings is 1. The minimum absolute atomic E-state index is 0.585. The van der Waals surface area contributed by atoms with E-state index in [2.05, 4.69) is 32.6 Å². The molecular formula is C15H16N6. The van der Waals surface area contributed by atoms with Crippen LogP contribution in [0.4, 0.5) is 11.5 Å². The summed E-state index contributed by atoms with van der Waals surface area (Å²) in [6, 6.07) is 11.9. The Kier molecular flexibility index (Phi) is 3.51. The molecule has 0 saturated carbocycles. The molecule has 1 aromatic carbocycles. The number of aryl methyl sites for hydroxylation is 1. The summed E-state index contributed by atoms with van der Waals surface area (Å²) >= 11 is 0. The Morgan fingerprint density at radius 2 is 2.14 bits per heavy atom. The Morgan fingerprint density at radius 3 is 2.95 bits per heavy atom. The second kappa shape index (κ2) is 5.62. The van der Waals surface area contributed by atoms with Crippen LogP contribution in [0, 0.1) is 0 Å². The fourth-order valence-electron chi connectivity index (χ4n) is 2.06. The number of nitrogens with one attached hydrogen (secondary N) is 1. The van der Waals surface area contributed by atoms with E-state index < -0.39 is 0 Å². The van der Waals surface area contributed by atoms with E-state index >= 15 is 0 Å². The van der Waals surface area contributed by atoms with Crippen LogP contribution in [-0.2, 0) is 13.5 Å². The molecule has 0 aliphatic carbocycles. The van der Waals surface area contributed by atoms with Crippen LogP contribution in [0.25, 0.3) is 11.2 Å². The van der Waals surface area contributed by atoms with Crippen molar-refractivity contribution < 1.29 is 0 Å². The summed E-state index contributed by atoms with van der Waals surface area (Å²) in [5.41, 5.74) is 12.1. The zero-order chi connectivity index (χ0) is 14.7. The molecule has 0 spiro atoms. The maximum atomic E-state index is 5.96. The summed E-state index contributed by atoms with van der Waals surface area (Å²) in [5, 5.41) is 4.18. The van der Waals surface area contributed by atoms with Crippen molar-refractivity contribution in [3.63, 3.8) is 0 Å². The first-order chi connectivity index (χ1) is 10.2. The first-order valence-corrected chi connectivity index (χ1v) is 6.63. The number of nitrogens with zero attached hydrogens (tertiary/aromatic N) is 4. The van der Waals surface area contributed by atoms with Gasteiger partial charge in [-0.05, 0) is 5.56 Å². The summed E-state index contributed by atoms with van der Waals surface area (Å²) in [4.78, 5) is 8.64. The second-order valence-corrected chi connectivity index (χ2v) is 4.74. The molecule has 3 rings (SSSR count). The normalized spacial score (nSPS) is 11.3. The molecule has 2 aromatic heterocycles. The number of rotatable bonds is 4. The molecule has 0 amide bonds.